The van der Waals surface area contributed by atoms with Crippen LogP contribution in [-0.4, -0.2) is 64.2 Å². The van der Waals surface area contributed by atoms with Gasteiger partial charge in [0, 0.05) is 43.2 Å². The lowest BCUT2D eigenvalue weighted by atomic mass is 9.74. The van der Waals surface area contributed by atoms with Crippen molar-refractivity contribution in [2.45, 2.75) is 43.4 Å². The van der Waals surface area contributed by atoms with Crippen molar-refractivity contribution < 1.29 is 14.9 Å². The van der Waals surface area contributed by atoms with Crippen LogP contribution in [0.5, 0.6) is 5.75 Å². The summed E-state index contributed by atoms with van der Waals surface area (Å²) in [5.74, 6) is 1.73. The number of ether oxygens (including phenoxy) is 1. The molecule has 1 saturated heterocycles. The number of hydrogen-bond acceptors (Lipinski definition) is 8. The normalized spacial score (nSPS) is 16.9. The van der Waals surface area contributed by atoms with Gasteiger partial charge in [0.05, 0.1) is 23.8 Å². The van der Waals surface area contributed by atoms with E-state index in [4.69, 9.17) is 10.5 Å². The van der Waals surface area contributed by atoms with Gasteiger partial charge in [-0.15, -0.1) is 11.8 Å². The van der Waals surface area contributed by atoms with Gasteiger partial charge in [-0.05, 0) is 85.6 Å². The fraction of sp³-hybridized carbons (Fsp3) is 0.481. The summed E-state index contributed by atoms with van der Waals surface area (Å²) in [4.78, 5) is 11.3. The molecule has 0 radical (unpaired) electrons. The number of rotatable bonds is 11. The van der Waals surface area contributed by atoms with Crippen molar-refractivity contribution in [1.82, 2.24) is 14.9 Å². The van der Waals surface area contributed by atoms with Gasteiger partial charge in [-0.25, -0.2) is 4.98 Å². The van der Waals surface area contributed by atoms with Gasteiger partial charge in [-0.1, -0.05) is 6.07 Å². The van der Waals surface area contributed by atoms with Crippen LogP contribution in [0.15, 0.2) is 53.8 Å². The quantitative estimate of drug-likeness (QED) is 0.345. The molecule has 1 fully saturated rings. The lowest BCUT2D eigenvalue weighted by molar-refractivity contribution is 0.0253. The fourth-order valence-corrected chi connectivity index (χ4v) is 5.82. The second kappa shape index (κ2) is 12.1. The lowest BCUT2D eigenvalue weighted by Gasteiger charge is -2.41. The summed E-state index contributed by atoms with van der Waals surface area (Å²) in [5.41, 5.74) is 8.32. The van der Waals surface area contributed by atoms with Crippen LogP contribution in [0, 0.1) is 5.41 Å². The lowest BCUT2D eigenvalue weighted by Crippen LogP contribution is -2.43. The highest BCUT2D eigenvalue weighted by molar-refractivity contribution is 7.99. The van der Waals surface area contributed by atoms with Gasteiger partial charge >= 0.3 is 0 Å². The minimum Gasteiger partial charge on any atom is -0.497 e. The van der Waals surface area contributed by atoms with Crippen molar-refractivity contribution >= 4 is 22.7 Å². The highest BCUT2D eigenvalue weighted by Crippen LogP contribution is 2.39. The predicted octanol–water partition coefficient (Wildman–Crippen LogP) is 3.78. The molecule has 1 aromatic carbocycles. The van der Waals surface area contributed by atoms with Crippen LogP contribution >= 0.6 is 11.8 Å². The molecule has 0 amide bonds. The average molecular weight is 497 g/mol. The van der Waals surface area contributed by atoms with Gasteiger partial charge in [0.15, 0.2) is 0 Å². The van der Waals surface area contributed by atoms with E-state index in [1.165, 1.54) is 0 Å². The molecule has 0 unspecified atom stereocenters. The summed E-state index contributed by atoms with van der Waals surface area (Å²) >= 11 is 1.78. The maximum Gasteiger partial charge on any atom is 0.119 e. The molecule has 7 nitrogen and oxygen atoms in total. The molecule has 1 aliphatic heterocycles. The van der Waals surface area contributed by atoms with Crippen molar-refractivity contribution in [2.75, 3.05) is 39.1 Å². The molecule has 0 saturated carbocycles. The molecule has 0 aliphatic carbocycles. The first kappa shape index (κ1) is 25.9. The zero-order valence-corrected chi connectivity index (χ0v) is 21.2. The van der Waals surface area contributed by atoms with Crippen LogP contribution in [0.1, 0.15) is 42.9 Å². The summed E-state index contributed by atoms with van der Waals surface area (Å²) in [5, 5.41) is 23.5. The van der Waals surface area contributed by atoms with E-state index in [2.05, 4.69) is 14.9 Å². The number of nitrogens with two attached hydrogens (primary N) is 1. The molecule has 8 heteroatoms. The molecule has 1 aliphatic rings. The first-order valence-corrected chi connectivity index (χ1v) is 13.3. The van der Waals surface area contributed by atoms with E-state index in [1.807, 2.05) is 42.6 Å². The average Bonchev–Trinajstić information content (AvgIpc) is 2.92. The summed E-state index contributed by atoms with van der Waals surface area (Å²) in [6, 6.07) is 11.7. The number of fused-ring (bicyclic) bond motifs is 1. The summed E-state index contributed by atoms with van der Waals surface area (Å²) < 4.78 is 5.40. The Bertz CT molecular complexity index is 1090. The number of pyridine rings is 2. The van der Waals surface area contributed by atoms with E-state index < -0.39 is 6.10 Å². The Labute approximate surface area is 211 Å². The maximum absolute atomic E-state index is 11.3. The van der Waals surface area contributed by atoms with E-state index in [-0.39, 0.29) is 12.0 Å². The Morgan fingerprint density at radius 1 is 1.20 bits per heavy atom. The van der Waals surface area contributed by atoms with Crippen LogP contribution in [0.2, 0.25) is 0 Å². The summed E-state index contributed by atoms with van der Waals surface area (Å²) in [7, 11) is 1.63. The molecule has 1 atom stereocenters. The molecule has 4 N–H and O–H groups in total. The molecule has 0 spiro atoms. The molecule has 0 bridgehead atoms. The van der Waals surface area contributed by atoms with E-state index in [0.29, 0.717) is 13.0 Å². The third-order valence-corrected chi connectivity index (χ3v) is 8.17. The number of aliphatic hydroxyl groups is 2. The first-order valence-electron chi connectivity index (χ1n) is 12.3. The topological polar surface area (TPSA) is 105 Å². The van der Waals surface area contributed by atoms with Crippen molar-refractivity contribution in [3.05, 3.63) is 59.9 Å². The third kappa shape index (κ3) is 6.32. The number of piperidine rings is 1. The largest absolute Gasteiger partial charge is 0.497 e. The zero-order valence-electron chi connectivity index (χ0n) is 20.4. The standard InChI is InChI=1S/C27H36N4O3S/c1-34-21-5-6-23-22(16-21)26(20(17-28)18-30-23)24(33)7-8-27(19-32)9-12-31(13-10-27)14-15-35-25-4-2-3-11-29-25/h2-6,11,16,18,24,32-33H,7-10,12-15,17,19,28H2,1H3/t24-/m1/s1. The SMILES string of the molecule is COc1ccc2ncc(CN)c([C@H](O)CCC3(CO)CCN(CCSc4ccccn4)CC3)c2c1. The van der Waals surface area contributed by atoms with Gasteiger partial charge in [-0.3, -0.25) is 4.98 Å². The van der Waals surface area contributed by atoms with Crippen LogP contribution in [-0.2, 0) is 6.54 Å². The van der Waals surface area contributed by atoms with Crippen LogP contribution < -0.4 is 10.5 Å². The number of nitrogens with zero attached hydrogens (tertiary/aromatic N) is 3. The molecule has 188 valence electrons. The van der Waals surface area contributed by atoms with Crippen molar-refractivity contribution in [1.29, 1.82) is 0 Å². The number of aliphatic hydroxyl groups excluding tert-OH is 2. The molecule has 3 aromatic rings. The van der Waals surface area contributed by atoms with E-state index in [0.717, 1.165) is 77.5 Å². The number of methoxy groups -OCH3 is 1. The zero-order chi connectivity index (χ0) is 24.7. The number of thioether (sulfide) groups is 1. The summed E-state index contributed by atoms with van der Waals surface area (Å²) in [6.07, 6.45) is 6.10. The minimum atomic E-state index is -0.678. The van der Waals surface area contributed by atoms with E-state index >= 15 is 0 Å². The Balaban J connectivity index is 1.36. The van der Waals surface area contributed by atoms with Crippen LogP contribution in [0.25, 0.3) is 10.9 Å². The molecule has 35 heavy (non-hydrogen) atoms. The van der Waals surface area contributed by atoms with Gasteiger partial charge in [0.2, 0.25) is 0 Å². The second-order valence-corrected chi connectivity index (χ2v) is 10.5. The van der Waals surface area contributed by atoms with Gasteiger partial charge in [0.1, 0.15) is 5.75 Å². The van der Waals surface area contributed by atoms with Gasteiger partial charge in [-0.2, -0.15) is 0 Å². The Morgan fingerprint density at radius 3 is 2.71 bits per heavy atom. The Hall–Kier alpha value is -2.23. The van der Waals surface area contributed by atoms with Gasteiger partial charge in [0.25, 0.3) is 0 Å². The van der Waals surface area contributed by atoms with Crippen molar-refractivity contribution in [2.24, 2.45) is 11.1 Å². The molecule has 4 rings (SSSR count). The monoisotopic (exact) mass is 496 g/mol. The smallest absolute Gasteiger partial charge is 0.119 e. The Morgan fingerprint density at radius 2 is 2.03 bits per heavy atom. The number of aromatic nitrogens is 2. The molecule has 2 aromatic heterocycles. The molecular weight excluding hydrogens is 460 g/mol. The fourth-order valence-electron chi connectivity index (χ4n) is 4.95. The minimum absolute atomic E-state index is 0.144. The third-order valence-electron chi connectivity index (χ3n) is 7.25. The highest BCUT2D eigenvalue weighted by Gasteiger charge is 2.34. The van der Waals surface area contributed by atoms with E-state index in [9.17, 15) is 10.2 Å². The first-order chi connectivity index (χ1) is 17.1. The van der Waals surface area contributed by atoms with Crippen molar-refractivity contribution in [3.8, 4) is 5.75 Å². The maximum atomic E-state index is 11.3. The number of benzene rings is 1. The number of likely N-dealkylation sites (tertiary alicyclic amines) is 1. The van der Waals surface area contributed by atoms with Crippen LogP contribution in [0.3, 0.4) is 0 Å². The van der Waals surface area contributed by atoms with E-state index in [1.54, 1.807) is 25.1 Å². The number of hydrogen-bond donors (Lipinski definition) is 3. The predicted molar refractivity (Wildman–Crippen MR) is 141 cm³/mol. The van der Waals surface area contributed by atoms with Crippen LogP contribution in [0.4, 0.5) is 0 Å². The second-order valence-electron chi connectivity index (χ2n) is 9.35. The molecule has 3 heterocycles. The van der Waals surface area contributed by atoms with Crippen molar-refractivity contribution in [3.63, 3.8) is 0 Å². The van der Waals surface area contributed by atoms with Gasteiger partial charge < -0.3 is 25.6 Å². The highest BCUT2D eigenvalue weighted by atomic mass is 32.2. The summed E-state index contributed by atoms with van der Waals surface area (Å²) in [6.45, 7) is 3.38. The Kier molecular flexibility index (Phi) is 8.97. The molecular formula is C27H36N4O3S.